The molecular weight excluding hydrogens is 276 g/mol. The van der Waals surface area contributed by atoms with Crippen LogP contribution in [0.2, 0.25) is 0 Å². The zero-order valence-electron chi connectivity index (χ0n) is 13.9. The number of hydrogen-bond acceptors (Lipinski definition) is 3. The highest BCUT2D eigenvalue weighted by Gasteiger charge is 2.22. The first-order chi connectivity index (χ1) is 10.2. The Morgan fingerprint density at radius 3 is 2.55 bits per heavy atom. The Labute approximate surface area is 131 Å². The van der Waals surface area contributed by atoms with Crippen molar-refractivity contribution in [3.05, 3.63) is 41.6 Å². The van der Waals surface area contributed by atoms with Crippen LogP contribution in [0.3, 0.4) is 0 Å². The van der Waals surface area contributed by atoms with Gasteiger partial charge in [0.15, 0.2) is 0 Å². The second-order valence-electron chi connectivity index (χ2n) is 6.74. The van der Waals surface area contributed by atoms with Crippen LogP contribution in [0.25, 0.3) is 10.9 Å². The average molecular weight is 300 g/mol. The third kappa shape index (κ3) is 3.63. The topological polar surface area (TPSA) is 53.4 Å². The molecule has 0 unspecified atom stereocenters. The third-order valence-electron chi connectivity index (χ3n) is 3.53. The van der Waals surface area contributed by atoms with Gasteiger partial charge in [-0.1, -0.05) is 32.0 Å². The van der Waals surface area contributed by atoms with E-state index in [1.165, 1.54) is 0 Å². The maximum atomic E-state index is 12.8. The Balaban J connectivity index is 2.51. The number of fused-ring (bicyclic) bond motifs is 1. The number of carbonyl (C=O) groups is 1. The summed E-state index contributed by atoms with van der Waals surface area (Å²) >= 11 is 0. The SMILES string of the molecule is CC(C)c1cc(C(=O)N(C)CC(C)(C)O)c2ccccc2n1. The summed E-state index contributed by atoms with van der Waals surface area (Å²) in [5, 5.41) is 10.8. The van der Waals surface area contributed by atoms with Gasteiger partial charge in [-0.2, -0.15) is 0 Å². The molecule has 1 aromatic heterocycles. The lowest BCUT2D eigenvalue weighted by Crippen LogP contribution is -2.39. The Hall–Kier alpha value is -1.94. The largest absolute Gasteiger partial charge is 0.389 e. The van der Waals surface area contributed by atoms with Crippen LogP contribution in [-0.2, 0) is 0 Å². The molecule has 0 aliphatic heterocycles. The van der Waals surface area contributed by atoms with E-state index in [-0.39, 0.29) is 18.4 Å². The van der Waals surface area contributed by atoms with Crippen molar-refractivity contribution in [2.24, 2.45) is 0 Å². The zero-order valence-corrected chi connectivity index (χ0v) is 13.9. The third-order valence-corrected chi connectivity index (χ3v) is 3.53. The van der Waals surface area contributed by atoms with Crippen LogP contribution >= 0.6 is 0 Å². The summed E-state index contributed by atoms with van der Waals surface area (Å²) in [5.74, 6) is 0.151. The molecule has 0 saturated carbocycles. The number of hydrogen-bond donors (Lipinski definition) is 1. The lowest BCUT2D eigenvalue weighted by Gasteiger charge is -2.26. The van der Waals surface area contributed by atoms with Crippen LogP contribution in [-0.4, -0.2) is 40.1 Å². The Morgan fingerprint density at radius 2 is 1.95 bits per heavy atom. The van der Waals surface area contributed by atoms with E-state index >= 15 is 0 Å². The molecule has 0 aliphatic rings. The second kappa shape index (κ2) is 6.05. The number of nitrogens with zero attached hydrogens (tertiary/aromatic N) is 2. The summed E-state index contributed by atoms with van der Waals surface area (Å²) in [7, 11) is 1.71. The quantitative estimate of drug-likeness (QED) is 0.943. The predicted octanol–water partition coefficient (Wildman–Crippen LogP) is 3.20. The van der Waals surface area contributed by atoms with Crippen molar-refractivity contribution in [3.8, 4) is 0 Å². The monoisotopic (exact) mass is 300 g/mol. The lowest BCUT2D eigenvalue weighted by atomic mass is 10.0. The molecule has 1 heterocycles. The van der Waals surface area contributed by atoms with E-state index in [1.54, 1.807) is 25.8 Å². The molecule has 118 valence electrons. The lowest BCUT2D eigenvalue weighted by molar-refractivity contribution is 0.0369. The van der Waals surface area contributed by atoms with Gasteiger partial charge in [0, 0.05) is 24.7 Å². The fourth-order valence-corrected chi connectivity index (χ4v) is 2.53. The van der Waals surface area contributed by atoms with Crippen molar-refractivity contribution in [1.29, 1.82) is 0 Å². The molecule has 0 bridgehead atoms. The highest BCUT2D eigenvalue weighted by Crippen LogP contribution is 2.23. The summed E-state index contributed by atoms with van der Waals surface area (Å²) < 4.78 is 0. The van der Waals surface area contributed by atoms with Crippen molar-refractivity contribution in [2.45, 2.75) is 39.2 Å². The average Bonchev–Trinajstić information content (AvgIpc) is 2.43. The highest BCUT2D eigenvalue weighted by molar-refractivity contribution is 6.06. The van der Waals surface area contributed by atoms with E-state index in [0.717, 1.165) is 16.6 Å². The van der Waals surface area contributed by atoms with Gasteiger partial charge < -0.3 is 10.0 Å². The Morgan fingerprint density at radius 1 is 1.32 bits per heavy atom. The minimum absolute atomic E-state index is 0.0948. The number of amides is 1. The molecule has 0 fully saturated rings. The summed E-state index contributed by atoms with van der Waals surface area (Å²) in [6, 6.07) is 9.54. The van der Waals surface area contributed by atoms with Gasteiger partial charge in [0.2, 0.25) is 0 Å². The van der Waals surface area contributed by atoms with Crippen molar-refractivity contribution in [2.75, 3.05) is 13.6 Å². The highest BCUT2D eigenvalue weighted by atomic mass is 16.3. The smallest absolute Gasteiger partial charge is 0.254 e. The summed E-state index contributed by atoms with van der Waals surface area (Å²) in [4.78, 5) is 19.0. The summed E-state index contributed by atoms with van der Waals surface area (Å²) in [6.45, 7) is 7.79. The van der Waals surface area contributed by atoms with Crippen LogP contribution in [0.5, 0.6) is 0 Å². The molecule has 2 rings (SSSR count). The standard InChI is InChI=1S/C18H24N2O2/c1-12(2)16-10-14(13-8-6-7-9-15(13)19-16)17(21)20(5)11-18(3,4)22/h6-10,12,22H,11H2,1-5H3. The molecule has 0 saturated heterocycles. The van der Waals surface area contributed by atoms with Gasteiger partial charge in [0.1, 0.15) is 0 Å². The number of likely N-dealkylation sites (N-methyl/N-ethyl adjacent to an activating group) is 1. The maximum absolute atomic E-state index is 12.8. The van der Waals surface area contributed by atoms with Crippen LogP contribution in [0.15, 0.2) is 30.3 Å². The molecule has 4 nitrogen and oxygen atoms in total. The van der Waals surface area contributed by atoms with Gasteiger partial charge in [-0.3, -0.25) is 9.78 Å². The van der Waals surface area contributed by atoms with Gasteiger partial charge >= 0.3 is 0 Å². The second-order valence-corrected chi connectivity index (χ2v) is 6.74. The molecule has 0 aliphatic carbocycles. The minimum Gasteiger partial charge on any atom is -0.389 e. The number of carbonyl (C=O) groups excluding carboxylic acids is 1. The summed E-state index contributed by atoms with van der Waals surface area (Å²) in [6.07, 6.45) is 0. The molecule has 0 atom stereocenters. The number of benzene rings is 1. The van der Waals surface area contributed by atoms with Crippen LogP contribution in [0, 0.1) is 0 Å². The number of pyridine rings is 1. The number of para-hydroxylation sites is 1. The van der Waals surface area contributed by atoms with Gasteiger partial charge in [0.05, 0.1) is 16.7 Å². The first kappa shape index (κ1) is 16.4. The molecule has 0 spiro atoms. The van der Waals surface area contributed by atoms with Gasteiger partial charge in [-0.05, 0) is 31.9 Å². The van der Waals surface area contributed by atoms with E-state index in [9.17, 15) is 9.90 Å². The first-order valence-electron chi connectivity index (χ1n) is 7.56. The molecule has 0 radical (unpaired) electrons. The number of aliphatic hydroxyl groups is 1. The molecule has 1 aromatic carbocycles. The molecule has 1 N–H and O–H groups in total. The van der Waals surface area contributed by atoms with Crippen LogP contribution in [0.1, 0.15) is 49.7 Å². The molecule has 2 aromatic rings. The zero-order chi connectivity index (χ0) is 16.5. The predicted molar refractivity (Wildman–Crippen MR) is 89.1 cm³/mol. The van der Waals surface area contributed by atoms with Crippen molar-refractivity contribution in [3.63, 3.8) is 0 Å². The Kier molecular flexibility index (Phi) is 4.52. The fraction of sp³-hybridized carbons (Fsp3) is 0.444. The first-order valence-corrected chi connectivity index (χ1v) is 7.56. The van der Waals surface area contributed by atoms with Crippen molar-refractivity contribution < 1.29 is 9.90 Å². The van der Waals surface area contributed by atoms with E-state index in [4.69, 9.17) is 0 Å². The minimum atomic E-state index is -0.922. The molecule has 1 amide bonds. The van der Waals surface area contributed by atoms with Crippen LogP contribution < -0.4 is 0 Å². The van der Waals surface area contributed by atoms with E-state index < -0.39 is 5.60 Å². The maximum Gasteiger partial charge on any atom is 0.254 e. The molecule has 22 heavy (non-hydrogen) atoms. The van der Waals surface area contributed by atoms with Crippen molar-refractivity contribution >= 4 is 16.8 Å². The summed E-state index contributed by atoms with van der Waals surface area (Å²) in [5.41, 5.74) is 1.45. The van der Waals surface area contributed by atoms with Gasteiger partial charge in [-0.15, -0.1) is 0 Å². The number of aromatic nitrogens is 1. The van der Waals surface area contributed by atoms with Gasteiger partial charge in [0.25, 0.3) is 5.91 Å². The fourth-order valence-electron chi connectivity index (χ4n) is 2.53. The normalized spacial score (nSPS) is 12.0. The molecular formula is C18H24N2O2. The Bertz CT molecular complexity index is 687. The van der Waals surface area contributed by atoms with Crippen molar-refractivity contribution in [1.82, 2.24) is 9.88 Å². The molecule has 4 heteroatoms. The van der Waals surface area contributed by atoms with E-state index in [2.05, 4.69) is 18.8 Å². The van der Waals surface area contributed by atoms with Crippen LogP contribution in [0.4, 0.5) is 0 Å². The van der Waals surface area contributed by atoms with Gasteiger partial charge in [-0.25, -0.2) is 0 Å². The van der Waals surface area contributed by atoms with E-state index in [0.29, 0.717) is 5.56 Å². The van der Waals surface area contributed by atoms with E-state index in [1.807, 2.05) is 30.3 Å². The number of rotatable bonds is 4.